The van der Waals surface area contributed by atoms with Crippen LogP contribution in [0.4, 0.5) is 14.5 Å². The van der Waals surface area contributed by atoms with Gasteiger partial charge in [0.25, 0.3) is 17.7 Å². The summed E-state index contributed by atoms with van der Waals surface area (Å²) in [7, 11) is 1.50. The Morgan fingerprint density at radius 1 is 0.894 bits per heavy atom. The van der Waals surface area contributed by atoms with Gasteiger partial charge in [-0.05, 0) is 41.5 Å². The van der Waals surface area contributed by atoms with E-state index in [2.05, 4.69) is 10.5 Å². The first-order chi connectivity index (χ1) is 22.7. The predicted octanol–water partition coefficient (Wildman–Crippen LogP) is 7.51. The molecule has 0 bridgehead atoms. The van der Waals surface area contributed by atoms with Crippen molar-refractivity contribution in [3.8, 4) is 28.6 Å². The Kier molecular flexibility index (Phi) is 9.08. The van der Waals surface area contributed by atoms with Crippen molar-refractivity contribution in [2.75, 3.05) is 25.5 Å². The highest BCUT2D eigenvalue weighted by molar-refractivity contribution is 6.32. The topological polar surface area (TPSA) is 103 Å². The van der Waals surface area contributed by atoms with Gasteiger partial charge in [-0.3, -0.25) is 9.59 Å². The molecule has 5 aromatic rings. The van der Waals surface area contributed by atoms with Gasteiger partial charge in [-0.2, -0.15) is 0 Å². The van der Waals surface area contributed by atoms with Crippen LogP contribution in [0.5, 0.6) is 17.2 Å². The second-order valence-electron chi connectivity index (χ2n) is 10.8. The van der Waals surface area contributed by atoms with Gasteiger partial charge in [0.2, 0.25) is 0 Å². The Morgan fingerprint density at radius 2 is 1.49 bits per heavy atom. The van der Waals surface area contributed by atoms with Crippen molar-refractivity contribution in [1.29, 1.82) is 0 Å². The van der Waals surface area contributed by atoms with Crippen LogP contribution in [0.2, 0.25) is 5.02 Å². The molecular formula is C35H28ClF2N3O6. The van der Waals surface area contributed by atoms with Gasteiger partial charge in [-0.25, -0.2) is 8.78 Å². The summed E-state index contributed by atoms with van der Waals surface area (Å²) in [5.41, 5.74) is 1.76. The Balaban J connectivity index is 1.40. The molecule has 1 aliphatic rings. The van der Waals surface area contributed by atoms with Gasteiger partial charge >= 0.3 is 0 Å². The highest BCUT2D eigenvalue weighted by Crippen LogP contribution is 2.44. The molecule has 1 aromatic heterocycles. The predicted molar refractivity (Wildman–Crippen MR) is 170 cm³/mol. The van der Waals surface area contributed by atoms with Crippen molar-refractivity contribution < 1.29 is 37.1 Å². The van der Waals surface area contributed by atoms with Gasteiger partial charge < -0.3 is 29.0 Å². The standard InChI is InChI=1S/C35H28ClF2N3O6/c1-44-25-14-12-24(13-15-25)33(42)39-30-31(34(43)41-20-35(37,38)21-41)40-47-32(30)26-16-27(36)29(46-19-23-10-6-3-7-11-23)17-28(26)45-18-22-8-4-2-5-9-22/h2-17H,18-21H2,1H3,(H,39,42). The van der Waals surface area contributed by atoms with Crippen LogP contribution in [0, 0.1) is 0 Å². The van der Waals surface area contributed by atoms with Gasteiger partial charge in [0.1, 0.15) is 36.1 Å². The van der Waals surface area contributed by atoms with Crippen molar-refractivity contribution >= 4 is 29.1 Å². The SMILES string of the molecule is COc1ccc(C(=O)Nc2c(C(=O)N3CC(F)(F)C3)noc2-c2cc(Cl)c(OCc3ccccc3)cc2OCc2ccccc2)cc1. The molecule has 2 amide bonds. The molecule has 47 heavy (non-hydrogen) atoms. The molecule has 2 heterocycles. The van der Waals surface area contributed by atoms with E-state index in [4.69, 9.17) is 30.3 Å². The third kappa shape index (κ3) is 7.20. The first-order valence-electron chi connectivity index (χ1n) is 14.5. The van der Waals surface area contributed by atoms with Gasteiger partial charge in [0, 0.05) is 11.6 Å². The van der Waals surface area contributed by atoms with Gasteiger partial charge in [0.15, 0.2) is 11.5 Å². The van der Waals surface area contributed by atoms with Gasteiger partial charge in [-0.1, -0.05) is 77.4 Å². The minimum absolute atomic E-state index is 0.0675. The smallest absolute Gasteiger partial charge is 0.282 e. The molecule has 6 rings (SSSR count). The Bertz CT molecular complexity index is 1880. The molecule has 1 saturated heterocycles. The normalized spacial score (nSPS) is 13.4. The van der Waals surface area contributed by atoms with E-state index in [1.165, 1.54) is 25.3 Å². The number of nitrogens with one attached hydrogen (secondary N) is 1. The quantitative estimate of drug-likeness (QED) is 0.157. The molecule has 1 N–H and O–H groups in total. The highest BCUT2D eigenvalue weighted by atomic mass is 35.5. The van der Waals surface area contributed by atoms with E-state index >= 15 is 0 Å². The van der Waals surface area contributed by atoms with Crippen molar-refractivity contribution in [3.63, 3.8) is 0 Å². The van der Waals surface area contributed by atoms with Crippen LogP contribution in [0.25, 0.3) is 11.3 Å². The number of carbonyl (C=O) groups excluding carboxylic acids is 2. The third-order valence-electron chi connectivity index (χ3n) is 7.37. The van der Waals surface area contributed by atoms with Gasteiger partial charge in [0.05, 0.1) is 30.8 Å². The summed E-state index contributed by atoms with van der Waals surface area (Å²) in [6.45, 7) is -1.21. The zero-order chi connectivity index (χ0) is 33.0. The number of anilines is 1. The summed E-state index contributed by atoms with van der Waals surface area (Å²) in [6.07, 6.45) is 0. The van der Waals surface area contributed by atoms with E-state index < -0.39 is 30.8 Å². The number of amides is 2. The van der Waals surface area contributed by atoms with E-state index in [-0.39, 0.29) is 52.3 Å². The number of hydrogen-bond acceptors (Lipinski definition) is 7. The lowest BCUT2D eigenvalue weighted by Crippen LogP contribution is -2.58. The minimum atomic E-state index is -3.02. The van der Waals surface area contributed by atoms with Crippen LogP contribution >= 0.6 is 11.6 Å². The number of benzene rings is 4. The third-order valence-corrected chi connectivity index (χ3v) is 7.67. The van der Waals surface area contributed by atoms with Gasteiger partial charge in [-0.15, -0.1) is 0 Å². The molecule has 0 aliphatic carbocycles. The molecule has 1 aliphatic heterocycles. The summed E-state index contributed by atoms with van der Waals surface area (Å²) in [4.78, 5) is 27.7. The zero-order valence-electron chi connectivity index (χ0n) is 25.0. The number of alkyl halides is 2. The Hall–Kier alpha value is -5.42. The number of halogens is 3. The number of ether oxygens (including phenoxy) is 3. The average molecular weight is 660 g/mol. The van der Waals surface area contributed by atoms with Crippen LogP contribution in [0.15, 0.2) is 102 Å². The molecular weight excluding hydrogens is 632 g/mol. The number of aromatic nitrogens is 1. The summed E-state index contributed by atoms with van der Waals surface area (Å²) < 4.78 is 50.5. The molecule has 1 fully saturated rings. The van der Waals surface area contributed by atoms with E-state index in [1.54, 1.807) is 18.2 Å². The lowest BCUT2D eigenvalue weighted by molar-refractivity contribution is -0.113. The lowest BCUT2D eigenvalue weighted by Gasteiger charge is -2.38. The van der Waals surface area contributed by atoms with Crippen LogP contribution in [0.1, 0.15) is 32.0 Å². The Labute approximate surface area is 273 Å². The maximum Gasteiger partial charge on any atom is 0.282 e. The largest absolute Gasteiger partial charge is 0.497 e. The number of hydrogen-bond donors (Lipinski definition) is 1. The number of rotatable bonds is 11. The molecule has 0 atom stereocenters. The van der Waals surface area contributed by atoms with E-state index in [9.17, 15) is 18.4 Å². The van der Waals surface area contributed by atoms with Crippen LogP contribution < -0.4 is 19.5 Å². The maximum absolute atomic E-state index is 13.7. The molecule has 4 aromatic carbocycles. The summed E-state index contributed by atoms with van der Waals surface area (Å²) in [5.74, 6) is -3.45. The number of carbonyl (C=O) groups is 2. The van der Waals surface area contributed by atoms with E-state index in [0.29, 0.717) is 11.5 Å². The van der Waals surface area contributed by atoms with Crippen LogP contribution in [-0.4, -0.2) is 48.0 Å². The minimum Gasteiger partial charge on any atom is -0.497 e. The maximum atomic E-state index is 13.7. The van der Waals surface area contributed by atoms with Crippen LogP contribution in [-0.2, 0) is 13.2 Å². The van der Waals surface area contributed by atoms with Crippen molar-refractivity contribution in [2.24, 2.45) is 0 Å². The monoisotopic (exact) mass is 659 g/mol. The molecule has 0 unspecified atom stereocenters. The fraction of sp³-hybridized carbons (Fsp3) is 0.171. The van der Waals surface area contributed by atoms with Crippen molar-refractivity contribution in [2.45, 2.75) is 19.1 Å². The Morgan fingerprint density at radius 3 is 2.06 bits per heavy atom. The zero-order valence-corrected chi connectivity index (χ0v) is 25.8. The highest BCUT2D eigenvalue weighted by Gasteiger charge is 2.48. The average Bonchev–Trinajstić information content (AvgIpc) is 3.49. The molecule has 0 spiro atoms. The fourth-order valence-electron chi connectivity index (χ4n) is 4.88. The first kappa shape index (κ1) is 31.6. The molecule has 0 saturated carbocycles. The van der Waals surface area contributed by atoms with Crippen LogP contribution in [0.3, 0.4) is 0 Å². The summed E-state index contributed by atoms with van der Waals surface area (Å²) in [5, 5.41) is 6.81. The number of nitrogens with zero attached hydrogens (tertiary/aromatic N) is 2. The lowest BCUT2D eigenvalue weighted by atomic mass is 10.1. The van der Waals surface area contributed by atoms with E-state index in [0.717, 1.165) is 16.0 Å². The van der Waals surface area contributed by atoms with Crippen molar-refractivity contribution in [1.82, 2.24) is 10.1 Å². The number of methoxy groups -OCH3 is 1. The first-order valence-corrected chi connectivity index (χ1v) is 14.9. The fourth-order valence-corrected chi connectivity index (χ4v) is 5.10. The second-order valence-corrected chi connectivity index (χ2v) is 11.2. The second kappa shape index (κ2) is 13.5. The summed E-state index contributed by atoms with van der Waals surface area (Å²) in [6, 6.07) is 28.3. The van der Waals surface area contributed by atoms with E-state index in [1.807, 2.05) is 60.7 Å². The molecule has 240 valence electrons. The number of likely N-dealkylation sites (tertiary alicyclic amines) is 1. The summed E-state index contributed by atoms with van der Waals surface area (Å²) >= 11 is 6.70. The molecule has 9 nitrogen and oxygen atoms in total. The molecule has 12 heteroatoms. The van der Waals surface area contributed by atoms with Crippen molar-refractivity contribution in [3.05, 3.63) is 124 Å². The molecule has 0 radical (unpaired) electrons.